The highest BCUT2D eigenvalue weighted by atomic mass is 19.1. The van der Waals surface area contributed by atoms with Crippen LogP contribution in [0.15, 0.2) is 18.2 Å². The average molecular weight is 313 g/mol. The van der Waals surface area contributed by atoms with Crippen LogP contribution in [-0.4, -0.2) is 43.9 Å². The fraction of sp³-hybridized carbons (Fsp3) is 0.467. The number of halogens is 2. The zero-order valence-electron chi connectivity index (χ0n) is 13.2. The summed E-state index contributed by atoms with van der Waals surface area (Å²) in [6.45, 7) is 3.91. The van der Waals surface area contributed by atoms with Crippen molar-refractivity contribution in [3.8, 4) is 0 Å². The molecule has 1 aromatic carbocycles. The summed E-state index contributed by atoms with van der Waals surface area (Å²) in [5.74, 6) is -2.76. The second-order valence-corrected chi connectivity index (χ2v) is 5.76. The smallest absolute Gasteiger partial charge is 0.239 e. The van der Waals surface area contributed by atoms with E-state index >= 15 is 0 Å². The quantitative estimate of drug-likeness (QED) is 0.784. The third-order valence-corrected chi connectivity index (χ3v) is 3.16. The second-order valence-electron chi connectivity index (χ2n) is 5.76. The van der Waals surface area contributed by atoms with Gasteiger partial charge in [-0.05, 0) is 40.1 Å². The third kappa shape index (κ3) is 4.77. The molecule has 0 heterocycles. The number of anilines is 1. The molecule has 2 N–H and O–H groups in total. The van der Waals surface area contributed by atoms with Crippen LogP contribution in [0.3, 0.4) is 0 Å². The average Bonchev–Trinajstić information content (AvgIpc) is 2.41. The summed E-state index contributed by atoms with van der Waals surface area (Å²) in [4.78, 5) is 26.1. The van der Waals surface area contributed by atoms with Crippen molar-refractivity contribution in [2.45, 2.75) is 13.8 Å². The van der Waals surface area contributed by atoms with E-state index in [-0.39, 0.29) is 5.69 Å². The highest BCUT2D eigenvalue weighted by Gasteiger charge is 2.36. The van der Waals surface area contributed by atoms with E-state index in [1.807, 2.05) is 19.0 Å². The molecule has 22 heavy (non-hydrogen) atoms. The maximum Gasteiger partial charge on any atom is 0.239 e. The molecule has 122 valence electrons. The predicted octanol–water partition coefficient (Wildman–Crippen LogP) is 1.61. The number of carbonyl (C=O) groups excluding carboxylic acids is 2. The standard InChI is InChI=1S/C15H21F2N3O2/c1-15(2,13(21)18-7-8-20(3)4)14(22)19-12-6-5-10(16)9-11(12)17/h5-6,9H,7-8H2,1-4H3,(H,18,21)(H,19,22). The van der Waals surface area contributed by atoms with E-state index in [9.17, 15) is 18.4 Å². The highest BCUT2D eigenvalue weighted by molar-refractivity contribution is 6.09. The molecule has 0 aromatic heterocycles. The van der Waals surface area contributed by atoms with Gasteiger partial charge in [0.2, 0.25) is 11.8 Å². The Hall–Kier alpha value is -2.02. The number of nitrogens with zero attached hydrogens (tertiary/aromatic N) is 1. The van der Waals surface area contributed by atoms with Gasteiger partial charge < -0.3 is 15.5 Å². The number of carbonyl (C=O) groups is 2. The fourth-order valence-electron chi connectivity index (χ4n) is 1.59. The lowest BCUT2D eigenvalue weighted by Crippen LogP contribution is -2.46. The Bertz CT molecular complexity index is 560. The van der Waals surface area contributed by atoms with Crippen LogP contribution < -0.4 is 10.6 Å². The molecule has 1 rings (SSSR count). The lowest BCUT2D eigenvalue weighted by atomic mass is 9.91. The van der Waals surface area contributed by atoms with Crippen LogP contribution in [0.2, 0.25) is 0 Å². The van der Waals surface area contributed by atoms with E-state index in [0.29, 0.717) is 19.2 Å². The van der Waals surface area contributed by atoms with E-state index in [1.165, 1.54) is 13.8 Å². The van der Waals surface area contributed by atoms with Crippen LogP contribution in [-0.2, 0) is 9.59 Å². The molecule has 5 nitrogen and oxygen atoms in total. The molecule has 0 fully saturated rings. The molecule has 2 amide bonds. The molecule has 1 aromatic rings. The SMILES string of the molecule is CN(C)CCNC(=O)C(C)(C)C(=O)Nc1ccc(F)cc1F. The van der Waals surface area contributed by atoms with Gasteiger partial charge in [-0.25, -0.2) is 8.78 Å². The largest absolute Gasteiger partial charge is 0.354 e. The minimum absolute atomic E-state index is 0.166. The Kier molecular flexibility index (Phi) is 5.99. The zero-order chi connectivity index (χ0) is 16.9. The topological polar surface area (TPSA) is 61.4 Å². The molecule has 0 saturated heterocycles. The molecule has 0 atom stereocenters. The molecule has 0 aliphatic heterocycles. The van der Waals surface area contributed by atoms with Crippen LogP contribution in [0.25, 0.3) is 0 Å². The third-order valence-electron chi connectivity index (χ3n) is 3.16. The number of amides is 2. The van der Waals surface area contributed by atoms with E-state index in [4.69, 9.17) is 0 Å². The molecule has 0 unspecified atom stereocenters. The molecule has 0 spiro atoms. The predicted molar refractivity (Wildman–Crippen MR) is 80.3 cm³/mol. The van der Waals surface area contributed by atoms with Gasteiger partial charge in [0, 0.05) is 19.2 Å². The summed E-state index contributed by atoms with van der Waals surface area (Å²) in [6.07, 6.45) is 0. The summed E-state index contributed by atoms with van der Waals surface area (Å²) >= 11 is 0. The number of rotatable bonds is 6. The molecule has 7 heteroatoms. The van der Waals surface area contributed by atoms with Gasteiger partial charge in [0.15, 0.2) is 0 Å². The number of hydrogen-bond acceptors (Lipinski definition) is 3. The lowest BCUT2D eigenvalue weighted by molar-refractivity contribution is -0.138. The normalized spacial score (nSPS) is 11.4. The number of nitrogens with one attached hydrogen (secondary N) is 2. The van der Waals surface area contributed by atoms with Crippen molar-refractivity contribution in [3.05, 3.63) is 29.8 Å². The van der Waals surface area contributed by atoms with Gasteiger partial charge in [0.25, 0.3) is 0 Å². The second kappa shape index (κ2) is 7.31. The summed E-state index contributed by atoms with van der Waals surface area (Å²) in [5, 5.41) is 4.96. The molecule has 0 aliphatic rings. The first-order chi connectivity index (χ1) is 10.1. The van der Waals surface area contributed by atoms with Crippen LogP contribution in [0.5, 0.6) is 0 Å². The maximum absolute atomic E-state index is 13.5. The van der Waals surface area contributed by atoms with Crippen LogP contribution in [0.1, 0.15) is 13.8 Å². The Morgan fingerprint density at radius 2 is 1.82 bits per heavy atom. The van der Waals surface area contributed by atoms with Crippen molar-refractivity contribution in [2.75, 3.05) is 32.5 Å². The van der Waals surface area contributed by atoms with Crippen molar-refractivity contribution in [1.29, 1.82) is 0 Å². The summed E-state index contributed by atoms with van der Waals surface area (Å²) < 4.78 is 26.4. The van der Waals surface area contributed by atoms with Crippen LogP contribution >= 0.6 is 0 Å². The van der Waals surface area contributed by atoms with Crippen LogP contribution in [0.4, 0.5) is 14.5 Å². The Morgan fingerprint density at radius 1 is 1.18 bits per heavy atom. The van der Waals surface area contributed by atoms with Gasteiger partial charge in [0.1, 0.15) is 17.0 Å². The molecular weight excluding hydrogens is 292 g/mol. The molecular formula is C15H21F2N3O2. The zero-order valence-corrected chi connectivity index (χ0v) is 13.2. The monoisotopic (exact) mass is 313 g/mol. The van der Waals surface area contributed by atoms with Gasteiger partial charge in [0.05, 0.1) is 5.69 Å². The van der Waals surface area contributed by atoms with Crippen molar-refractivity contribution >= 4 is 17.5 Å². The highest BCUT2D eigenvalue weighted by Crippen LogP contribution is 2.21. The van der Waals surface area contributed by atoms with Gasteiger partial charge in [-0.2, -0.15) is 0 Å². The van der Waals surface area contributed by atoms with Gasteiger partial charge >= 0.3 is 0 Å². The van der Waals surface area contributed by atoms with Gasteiger partial charge in [-0.3, -0.25) is 9.59 Å². The van der Waals surface area contributed by atoms with Crippen molar-refractivity contribution < 1.29 is 18.4 Å². The van der Waals surface area contributed by atoms with E-state index in [0.717, 1.165) is 12.1 Å². The number of benzene rings is 1. The molecule has 0 aliphatic carbocycles. The molecule has 0 bridgehead atoms. The Morgan fingerprint density at radius 3 is 2.36 bits per heavy atom. The minimum atomic E-state index is -1.38. The van der Waals surface area contributed by atoms with Gasteiger partial charge in [-0.1, -0.05) is 0 Å². The number of hydrogen-bond donors (Lipinski definition) is 2. The van der Waals surface area contributed by atoms with Crippen molar-refractivity contribution in [2.24, 2.45) is 5.41 Å². The minimum Gasteiger partial charge on any atom is -0.354 e. The van der Waals surface area contributed by atoms with E-state index in [2.05, 4.69) is 10.6 Å². The Balaban J connectivity index is 2.71. The first-order valence-corrected chi connectivity index (χ1v) is 6.84. The lowest BCUT2D eigenvalue weighted by Gasteiger charge is -2.23. The number of likely N-dealkylation sites (N-methyl/N-ethyl adjacent to an activating group) is 1. The van der Waals surface area contributed by atoms with Crippen molar-refractivity contribution in [3.63, 3.8) is 0 Å². The first kappa shape index (κ1) is 18.0. The molecule has 0 saturated carbocycles. The summed E-state index contributed by atoms with van der Waals surface area (Å²) in [5.41, 5.74) is -1.55. The van der Waals surface area contributed by atoms with Gasteiger partial charge in [-0.15, -0.1) is 0 Å². The first-order valence-electron chi connectivity index (χ1n) is 6.84. The summed E-state index contributed by atoms with van der Waals surface area (Å²) in [7, 11) is 3.72. The van der Waals surface area contributed by atoms with E-state index in [1.54, 1.807) is 0 Å². The maximum atomic E-state index is 13.5. The Labute approximate surface area is 128 Å². The summed E-state index contributed by atoms with van der Waals surface area (Å²) in [6, 6.07) is 2.81. The van der Waals surface area contributed by atoms with E-state index < -0.39 is 28.9 Å². The molecule has 0 radical (unpaired) electrons. The fourth-order valence-corrected chi connectivity index (χ4v) is 1.59. The van der Waals surface area contributed by atoms with Crippen molar-refractivity contribution in [1.82, 2.24) is 10.2 Å². The van der Waals surface area contributed by atoms with Crippen LogP contribution in [0, 0.1) is 17.0 Å².